The van der Waals surface area contributed by atoms with E-state index in [4.69, 9.17) is 17.3 Å². The van der Waals surface area contributed by atoms with Gasteiger partial charge in [0.15, 0.2) is 0 Å². The molecule has 0 aromatic heterocycles. The second kappa shape index (κ2) is 7.51. The largest absolute Gasteiger partial charge is 0.342 e. The summed E-state index contributed by atoms with van der Waals surface area (Å²) in [6.45, 7) is 1.87. The highest BCUT2D eigenvalue weighted by atomic mass is 35.5. The van der Waals surface area contributed by atoms with Crippen LogP contribution in [-0.2, 0) is 9.59 Å². The molecule has 2 aliphatic heterocycles. The minimum atomic E-state index is -0.562. The minimum absolute atomic E-state index is 0. The number of rotatable bonds is 2. The molecule has 2 saturated heterocycles. The molecule has 2 aliphatic rings. The van der Waals surface area contributed by atoms with Gasteiger partial charge in [-0.2, -0.15) is 0 Å². The van der Waals surface area contributed by atoms with E-state index in [0.29, 0.717) is 31.1 Å². The molecule has 23 heavy (non-hydrogen) atoms. The molecule has 1 atom stereocenters. The number of carbonyl (C=O) groups excluding carboxylic acids is 2. The van der Waals surface area contributed by atoms with E-state index in [0.717, 1.165) is 18.5 Å². The number of hydrogen-bond acceptors (Lipinski definition) is 3. The normalized spacial score (nSPS) is 22.2. The van der Waals surface area contributed by atoms with Crippen LogP contribution >= 0.6 is 24.0 Å². The van der Waals surface area contributed by atoms with Crippen LogP contribution in [0.4, 0.5) is 5.69 Å². The first kappa shape index (κ1) is 18.0. The van der Waals surface area contributed by atoms with Crippen LogP contribution in [0.5, 0.6) is 0 Å². The van der Waals surface area contributed by atoms with Gasteiger partial charge in [0.1, 0.15) is 5.92 Å². The fraction of sp³-hybridized carbons (Fsp3) is 0.500. The average Bonchev–Trinajstić information content (AvgIpc) is 2.89. The number of hydrogen-bond donors (Lipinski definition) is 1. The van der Waals surface area contributed by atoms with Crippen LogP contribution in [0.3, 0.4) is 0 Å². The molecule has 2 N–H and O–H groups in total. The number of amides is 2. The summed E-state index contributed by atoms with van der Waals surface area (Å²) >= 11 is 5.98. The van der Waals surface area contributed by atoms with Crippen molar-refractivity contribution in [2.75, 3.05) is 24.5 Å². The SMILES string of the molecule is Cl.NC1CCN(C(=O)C2CCN(c3cccc(Cl)c3)C2=O)CC1. The number of nitrogens with zero attached hydrogens (tertiary/aromatic N) is 2. The zero-order chi connectivity index (χ0) is 15.7. The fourth-order valence-electron chi connectivity index (χ4n) is 3.15. The molecule has 7 heteroatoms. The molecule has 1 unspecified atom stereocenters. The lowest BCUT2D eigenvalue weighted by atomic mass is 10.0. The Kier molecular flexibility index (Phi) is 5.89. The molecule has 0 bridgehead atoms. The van der Waals surface area contributed by atoms with Gasteiger partial charge >= 0.3 is 0 Å². The Bertz CT molecular complexity index is 588. The third kappa shape index (κ3) is 3.79. The van der Waals surface area contributed by atoms with Crippen LogP contribution in [0, 0.1) is 5.92 Å². The van der Waals surface area contributed by atoms with E-state index in [9.17, 15) is 9.59 Å². The first-order valence-corrected chi connectivity index (χ1v) is 8.05. The monoisotopic (exact) mass is 357 g/mol. The van der Waals surface area contributed by atoms with Crippen molar-refractivity contribution < 1.29 is 9.59 Å². The van der Waals surface area contributed by atoms with Crippen LogP contribution in [-0.4, -0.2) is 42.4 Å². The summed E-state index contributed by atoms with van der Waals surface area (Å²) in [5, 5.41) is 0.588. The highest BCUT2D eigenvalue weighted by Gasteiger charge is 2.40. The molecule has 0 aliphatic carbocycles. The lowest BCUT2D eigenvalue weighted by molar-refractivity contribution is -0.140. The van der Waals surface area contributed by atoms with Gasteiger partial charge in [-0.05, 0) is 37.5 Å². The third-order valence-electron chi connectivity index (χ3n) is 4.47. The zero-order valence-electron chi connectivity index (χ0n) is 12.8. The zero-order valence-corrected chi connectivity index (χ0v) is 14.4. The van der Waals surface area contributed by atoms with E-state index in [1.54, 1.807) is 21.9 Å². The third-order valence-corrected chi connectivity index (χ3v) is 4.71. The van der Waals surface area contributed by atoms with Gasteiger partial charge in [-0.15, -0.1) is 12.4 Å². The Morgan fingerprint density at radius 1 is 1.17 bits per heavy atom. The Hall–Kier alpha value is -1.30. The van der Waals surface area contributed by atoms with Crippen molar-refractivity contribution in [2.45, 2.75) is 25.3 Å². The van der Waals surface area contributed by atoms with Crippen molar-refractivity contribution in [1.29, 1.82) is 0 Å². The van der Waals surface area contributed by atoms with Gasteiger partial charge in [-0.25, -0.2) is 0 Å². The summed E-state index contributed by atoms with van der Waals surface area (Å²) in [4.78, 5) is 28.6. The van der Waals surface area contributed by atoms with Gasteiger partial charge in [-0.3, -0.25) is 9.59 Å². The van der Waals surface area contributed by atoms with Crippen LogP contribution in [0.1, 0.15) is 19.3 Å². The number of carbonyl (C=O) groups is 2. The average molecular weight is 358 g/mol. The number of benzene rings is 1. The quantitative estimate of drug-likeness (QED) is 0.823. The lowest BCUT2D eigenvalue weighted by Crippen LogP contribution is -2.46. The van der Waals surface area contributed by atoms with Crippen LogP contribution < -0.4 is 10.6 Å². The predicted molar refractivity (Wildman–Crippen MR) is 92.9 cm³/mol. The molecular weight excluding hydrogens is 337 g/mol. The van der Waals surface area contributed by atoms with Crippen molar-refractivity contribution in [1.82, 2.24) is 4.90 Å². The molecule has 1 aromatic rings. The van der Waals surface area contributed by atoms with Crippen molar-refractivity contribution in [3.8, 4) is 0 Å². The number of piperidine rings is 1. The van der Waals surface area contributed by atoms with Crippen LogP contribution in [0.25, 0.3) is 0 Å². The Morgan fingerprint density at radius 2 is 1.87 bits per heavy atom. The first-order chi connectivity index (χ1) is 10.6. The summed E-state index contributed by atoms with van der Waals surface area (Å²) in [6, 6.07) is 7.35. The smallest absolute Gasteiger partial charge is 0.239 e. The lowest BCUT2D eigenvalue weighted by Gasteiger charge is -2.31. The van der Waals surface area contributed by atoms with E-state index >= 15 is 0 Å². The summed E-state index contributed by atoms with van der Waals surface area (Å²) in [5.41, 5.74) is 6.62. The summed E-state index contributed by atoms with van der Waals surface area (Å²) in [7, 11) is 0. The van der Waals surface area contributed by atoms with Crippen molar-refractivity contribution in [3.05, 3.63) is 29.3 Å². The molecule has 1 aromatic carbocycles. The van der Waals surface area contributed by atoms with Gasteiger partial charge in [0.2, 0.25) is 11.8 Å². The molecule has 0 radical (unpaired) electrons. The van der Waals surface area contributed by atoms with E-state index < -0.39 is 5.92 Å². The highest BCUT2D eigenvalue weighted by Crippen LogP contribution is 2.28. The molecule has 5 nitrogen and oxygen atoms in total. The molecule has 0 saturated carbocycles. The number of likely N-dealkylation sites (tertiary alicyclic amines) is 1. The van der Waals surface area contributed by atoms with Crippen molar-refractivity contribution >= 4 is 41.5 Å². The fourth-order valence-corrected chi connectivity index (χ4v) is 3.33. The number of halogens is 2. The topological polar surface area (TPSA) is 66.6 Å². The maximum Gasteiger partial charge on any atom is 0.239 e. The standard InChI is InChI=1S/C16H20ClN3O2.ClH/c17-11-2-1-3-13(10-11)20-9-6-14(16(20)22)15(21)19-7-4-12(18)5-8-19;/h1-3,10,12,14H,4-9,18H2;1H. The molecule has 0 spiro atoms. The van der Waals surface area contributed by atoms with Crippen molar-refractivity contribution in [2.24, 2.45) is 11.7 Å². The first-order valence-electron chi connectivity index (χ1n) is 7.67. The molecular formula is C16H21Cl2N3O2. The molecule has 2 fully saturated rings. The van der Waals surface area contributed by atoms with E-state index in [1.807, 2.05) is 12.1 Å². The predicted octanol–water partition coefficient (Wildman–Crippen LogP) is 2.06. The van der Waals surface area contributed by atoms with Crippen molar-refractivity contribution in [3.63, 3.8) is 0 Å². The maximum absolute atomic E-state index is 12.6. The van der Waals surface area contributed by atoms with Crippen LogP contribution in [0.2, 0.25) is 5.02 Å². The van der Waals surface area contributed by atoms with E-state index in [2.05, 4.69) is 0 Å². The Balaban J connectivity index is 0.00000192. The van der Waals surface area contributed by atoms with E-state index in [1.165, 1.54) is 0 Å². The molecule has 2 heterocycles. The number of nitrogens with two attached hydrogens (primary N) is 1. The van der Waals surface area contributed by atoms with Gasteiger partial charge in [-0.1, -0.05) is 17.7 Å². The van der Waals surface area contributed by atoms with E-state index in [-0.39, 0.29) is 30.3 Å². The maximum atomic E-state index is 12.6. The van der Waals surface area contributed by atoms with Gasteiger partial charge in [0.25, 0.3) is 0 Å². The Labute approximate surface area is 147 Å². The summed E-state index contributed by atoms with van der Waals surface area (Å²) in [6.07, 6.45) is 2.18. The highest BCUT2D eigenvalue weighted by molar-refractivity contribution is 6.31. The van der Waals surface area contributed by atoms with Gasteiger partial charge in [0.05, 0.1) is 0 Å². The molecule has 3 rings (SSSR count). The Morgan fingerprint density at radius 3 is 2.52 bits per heavy atom. The molecule has 126 valence electrons. The second-order valence-corrected chi connectivity index (χ2v) is 6.41. The van der Waals surface area contributed by atoms with Crippen LogP contribution in [0.15, 0.2) is 24.3 Å². The van der Waals surface area contributed by atoms with Gasteiger partial charge < -0.3 is 15.5 Å². The van der Waals surface area contributed by atoms with Gasteiger partial charge in [0, 0.05) is 36.4 Å². The summed E-state index contributed by atoms with van der Waals surface area (Å²) in [5.74, 6) is -0.739. The summed E-state index contributed by atoms with van der Waals surface area (Å²) < 4.78 is 0. The minimum Gasteiger partial charge on any atom is -0.342 e. The number of anilines is 1. The molecule has 2 amide bonds. The second-order valence-electron chi connectivity index (χ2n) is 5.97.